The summed E-state index contributed by atoms with van der Waals surface area (Å²) in [4.78, 5) is 14.3. The summed E-state index contributed by atoms with van der Waals surface area (Å²) < 4.78 is 5.92. The van der Waals surface area contributed by atoms with Crippen molar-refractivity contribution in [3.63, 3.8) is 0 Å². The Bertz CT molecular complexity index is 335. The van der Waals surface area contributed by atoms with E-state index in [4.69, 9.17) is 4.74 Å². The highest BCUT2D eigenvalue weighted by Gasteiger charge is 2.47. The van der Waals surface area contributed by atoms with Crippen LogP contribution in [0.25, 0.3) is 0 Å². The third-order valence-electron chi connectivity index (χ3n) is 4.45. The number of amides is 1. The van der Waals surface area contributed by atoms with Gasteiger partial charge in [0.25, 0.3) is 5.91 Å². The van der Waals surface area contributed by atoms with Crippen LogP contribution < -0.4 is 0 Å². The molecule has 2 aliphatic heterocycles. The van der Waals surface area contributed by atoms with Crippen LogP contribution >= 0.6 is 11.8 Å². The predicted octanol–water partition coefficient (Wildman–Crippen LogP) is 1.03. The van der Waals surface area contributed by atoms with E-state index in [9.17, 15) is 9.90 Å². The van der Waals surface area contributed by atoms with E-state index in [1.807, 2.05) is 4.90 Å². The lowest BCUT2D eigenvalue weighted by molar-refractivity contribution is -0.165. The van der Waals surface area contributed by atoms with Crippen molar-refractivity contribution in [3.8, 4) is 0 Å². The van der Waals surface area contributed by atoms with Gasteiger partial charge >= 0.3 is 0 Å². The zero-order valence-electron chi connectivity index (χ0n) is 10.7. The highest BCUT2D eigenvalue weighted by Crippen LogP contribution is 2.37. The summed E-state index contributed by atoms with van der Waals surface area (Å²) in [5, 5.41) is 10.4. The molecule has 1 spiro atoms. The van der Waals surface area contributed by atoms with Crippen molar-refractivity contribution in [1.82, 2.24) is 4.90 Å². The Morgan fingerprint density at radius 3 is 2.72 bits per heavy atom. The molecule has 0 radical (unpaired) electrons. The number of ether oxygens (including phenoxy) is 1. The number of thioether (sulfide) groups is 1. The van der Waals surface area contributed by atoms with Gasteiger partial charge in [-0.2, -0.15) is 11.8 Å². The van der Waals surface area contributed by atoms with Gasteiger partial charge in [-0.3, -0.25) is 4.79 Å². The second-order valence-corrected chi connectivity index (χ2v) is 6.90. The normalized spacial score (nSPS) is 35.3. The first-order valence-corrected chi connectivity index (χ1v) is 8.03. The van der Waals surface area contributed by atoms with Gasteiger partial charge in [0.1, 0.15) is 0 Å². The van der Waals surface area contributed by atoms with E-state index in [0.29, 0.717) is 31.9 Å². The van der Waals surface area contributed by atoms with Crippen molar-refractivity contribution in [1.29, 1.82) is 0 Å². The molecule has 3 aliphatic rings. The minimum Gasteiger partial charge on any atom is -0.379 e. The minimum absolute atomic E-state index is 0.0675. The Morgan fingerprint density at radius 1 is 1.28 bits per heavy atom. The zero-order valence-corrected chi connectivity index (χ0v) is 11.5. The van der Waals surface area contributed by atoms with E-state index in [0.717, 1.165) is 18.6 Å². The van der Waals surface area contributed by atoms with Crippen LogP contribution in [0.15, 0.2) is 0 Å². The third kappa shape index (κ3) is 2.17. The molecule has 0 bridgehead atoms. The summed E-state index contributed by atoms with van der Waals surface area (Å²) in [6.45, 7) is 1.93. The van der Waals surface area contributed by atoms with Crippen molar-refractivity contribution in [2.75, 3.05) is 31.2 Å². The molecule has 0 aromatic rings. The minimum atomic E-state index is -1.11. The largest absolute Gasteiger partial charge is 0.379 e. The standard InChI is InChI=1S/C13H21NO3S/c15-11(13(16)5-8-18-10-13)14-6-7-17-12(9-14)3-1-2-4-12/h16H,1-10H2/t13-/m1/s1. The van der Waals surface area contributed by atoms with E-state index in [1.54, 1.807) is 11.8 Å². The van der Waals surface area contributed by atoms with E-state index >= 15 is 0 Å². The first kappa shape index (κ1) is 12.8. The van der Waals surface area contributed by atoms with E-state index in [2.05, 4.69) is 0 Å². The van der Waals surface area contributed by atoms with Gasteiger partial charge in [0.15, 0.2) is 5.60 Å². The fraction of sp³-hybridized carbons (Fsp3) is 0.923. The lowest BCUT2D eigenvalue weighted by Crippen LogP contribution is -2.58. The van der Waals surface area contributed by atoms with Crippen LogP contribution in [0.4, 0.5) is 0 Å². The van der Waals surface area contributed by atoms with E-state index in [-0.39, 0.29) is 11.5 Å². The van der Waals surface area contributed by atoms with Crippen LogP contribution in [0.5, 0.6) is 0 Å². The fourth-order valence-electron chi connectivity index (χ4n) is 3.36. The average molecular weight is 271 g/mol. The lowest BCUT2D eigenvalue weighted by atomic mass is 9.96. The molecule has 1 N–H and O–H groups in total. The summed E-state index contributed by atoms with van der Waals surface area (Å²) in [5.41, 5.74) is -1.21. The van der Waals surface area contributed by atoms with Gasteiger partial charge in [0.05, 0.1) is 12.2 Å². The smallest absolute Gasteiger partial charge is 0.255 e. The van der Waals surface area contributed by atoms with Crippen LogP contribution in [0.3, 0.4) is 0 Å². The number of nitrogens with zero attached hydrogens (tertiary/aromatic N) is 1. The monoisotopic (exact) mass is 271 g/mol. The van der Waals surface area contributed by atoms with Gasteiger partial charge in [-0.1, -0.05) is 12.8 Å². The number of rotatable bonds is 1. The summed E-state index contributed by atoms with van der Waals surface area (Å²) >= 11 is 1.67. The molecule has 1 amide bonds. The van der Waals surface area contributed by atoms with Crippen LogP contribution in [-0.4, -0.2) is 58.3 Å². The first-order valence-electron chi connectivity index (χ1n) is 6.87. The molecule has 3 rings (SSSR count). The third-order valence-corrected chi connectivity index (χ3v) is 5.62. The van der Waals surface area contributed by atoms with Gasteiger partial charge in [-0.15, -0.1) is 0 Å². The number of aliphatic hydroxyl groups is 1. The summed E-state index contributed by atoms with van der Waals surface area (Å²) in [6, 6.07) is 0. The zero-order chi connectivity index (χ0) is 12.6. The maximum Gasteiger partial charge on any atom is 0.255 e. The first-order chi connectivity index (χ1) is 8.64. The van der Waals surface area contributed by atoms with Gasteiger partial charge in [-0.25, -0.2) is 0 Å². The molecule has 1 aliphatic carbocycles. The molecule has 2 heterocycles. The molecule has 3 fully saturated rings. The van der Waals surface area contributed by atoms with Gasteiger partial charge in [0.2, 0.25) is 0 Å². The van der Waals surface area contributed by atoms with Gasteiger partial charge in [0, 0.05) is 18.8 Å². The highest BCUT2D eigenvalue weighted by molar-refractivity contribution is 7.99. The molecule has 0 aromatic heterocycles. The van der Waals surface area contributed by atoms with Crippen LogP contribution in [0.2, 0.25) is 0 Å². The average Bonchev–Trinajstić information content (AvgIpc) is 2.99. The number of carbonyl (C=O) groups is 1. The second kappa shape index (κ2) is 4.69. The maximum atomic E-state index is 12.5. The predicted molar refractivity (Wildman–Crippen MR) is 70.6 cm³/mol. The molecular formula is C13H21NO3S. The quantitative estimate of drug-likeness (QED) is 0.774. The Hall–Kier alpha value is -0.260. The molecule has 18 heavy (non-hydrogen) atoms. The molecule has 0 aromatic carbocycles. The molecule has 1 atom stereocenters. The molecule has 2 saturated heterocycles. The Kier molecular flexibility index (Phi) is 3.32. The Morgan fingerprint density at radius 2 is 2.06 bits per heavy atom. The molecule has 1 saturated carbocycles. The van der Waals surface area contributed by atoms with E-state index < -0.39 is 5.60 Å². The Labute approximate surface area is 112 Å². The van der Waals surface area contributed by atoms with Crippen molar-refractivity contribution in [2.45, 2.75) is 43.3 Å². The molecular weight excluding hydrogens is 250 g/mol. The summed E-state index contributed by atoms with van der Waals surface area (Å²) in [7, 11) is 0. The SMILES string of the molecule is O=C(N1CCOC2(CCCC2)C1)[C@@]1(O)CCSC1. The van der Waals surface area contributed by atoms with Gasteiger partial charge in [-0.05, 0) is 25.0 Å². The van der Waals surface area contributed by atoms with Crippen LogP contribution in [0.1, 0.15) is 32.1 Å². The summed E-state index contributed by atoms with van der Waals surface area (Å²) in [6.07, 6.45) is 5.11. The molecule has 0 unspecified atom stereocenters. The lowest BCUT2D eigenvalue weighted by Gasteiger charge is -2.42. The number of carbonyl (C=O) groups excluding carboxylic acids is 1. The van der Waals surface area contributed by atoms with Crippen molar-refractivity contribution >= 4 is 17.7 Å². The summed E-state index contributed by atoms with van der Waals surface area (Å²) in [5.74, 6) is 1.37. The fourth-order valence-corrected chi connectivity index (χ4v) is 4.59. The van der Waals surface area contributed by atoms with Crippen molar-refractivity contribution in [3.05, 3.63) is 0 Å². The maximum absolute atomic E-state index is 12.5. The number of morpholine rings is 1. The topological polar surface area (TPSA) is 49.8 Å². The molecule has 102 valence electrons. The molecule has 4 nitrogen and oxygen atoms in total. The number of hydrogen-bond acceptors (Lipinski definition) is 4. The van der Waals surface area contributed by atoms with Crippen molar-refractivity contribution in [2.24, 2.45) is 0 Å². The van der Waals surface area contributed by atoms with Crippen LogP contribution in [-0.2, 0) is 9.53 Å². The van der Waals surface area contributed by atoms with Crippen LogP contribution in [0, 0.1) is 0 Å². The van der Waals surface area contributed by atoms with Crippen molar-refractivity contribution < 1.29 is 14.6 Å². The Balaban J connectivity index is 1.70. The second-order valence-electron chi connectivity index (χ2n) is 5.80. The molecule has 5 heteroatoms. The highest BCUT2D eigenvalue weighted by atomic mass is 32.2. The number of hydrogen-bond donors (Lipinski definition) is 1. The van der Waals surface area contributed by atoms with Gasteiger partial charge < -0.3 is 14.7 Å². The van der Waals surface area contributed by atoms with E-state index in [1.165, 1.54) is 12.8 Å².